The van der Waals surface area contributed by atoms with E-state index in [0.29, 0.717) is 18.8 Å². The molecular weight excluding hydrogens is 240 g/mol. The fourth-order valence-electron chi connectivity index (χ4n) is 1.51. The summed E-state index contributed by atoms with van der Waals surface area (Å²) in [6.45, 7) is 5.92. The van der Waals surface area contributed by atoms with Crippen LogP contribution in [-0.2, 0) is 0 Å². The molecule has 0 aliphatic rings. The third-order valence-electron chi connectivity index (χ3n) is 2.51. The van der Waals surface area contributed by atoms with Crippen molar-refractivity contribution in [1.29, 1.82) is 0 Å². The lowest BCUT2D eigenvalue weighted by Crippen LogP contribution is -2.27. The van der Waals surface area contributed by atoms with Crippen molar-refractivity contribution in [3.63, 3.8) is 0 Å². The maximum Gasteiger partial charge on any atom is 0.269 e. The molecule has 19 heavy (non-hydrogen) atoms. The van der Waals surface area contributed by atoms with Gasteiger partial charge in [-0.25, -0.2) is 4.98 Å². The molecule has 0 aromatic carbocycles. The molecule has 5 heteroatoms. The molecule has 1 amide bonds. The lowest BCUT2D eigenvalue weighted by Gasteiger charge is -2.10. The minimum absolute atomic E-state index is 0.131. The largest absolute Gasteiger partial charge is 0.380 e. The van der Waals surface area contributed by atoms with E-state index in [9.17, 15) is 4.79 Å². The van der Waals surface area contributed by atoms with Crippen LogP contribution in [0.1, 0.15) is 16.9 Å². The molecule has 1 aromatic heterocycles. The van der Waals surface area contributed by atoms with Gasteiger partial charge in [-0.3, -0.25) is 4.79 Å². The van der Waals surface area contributed by atoms with Crippen molar-refractivity contribution in [2.24, 2.45) is 0 Å². The number of anilines is 1. The van der Waals surface area contributed by atoms with Crippen LogP contribution in [-0.4, -0.2) is 49.5 Å². The van der Waals surface area contributed by atoms with Crippen LogP contribution in [0, 0.1) is 0 Å². The van der Waals surface area contributed by atoms with E-state index in [1.165, 1.54) is 0 Å². The van der Waals surface area contributed by atoms with E-state index in [1.807, 2.05) is 20.2 Å². The van der Waals surface area contributed by atoms with Crippen molar-refractivity contribution in [3.8, 4) is 0 Å². The highest BCUT2D eigenvalue weighted by molar-refractivity contribution is 5.92. The van der Waals surface area contributed by atoms with Gasteiger partial charge in [-0.1, -0.05) is 6.08 Å². The van der Waals surface area contributed by atoms with E-state index in [2.05, 4.69) is 27.1 Å². The normalized spacial score (nSPS) is 10.3. The molecule has 0 saturated carbocycles. The van der Waals surface area contributed by atoms with Gasteiger partial charge >= 0.3 is 0 Å². The summed E-state index contributed by atoms with van der Waals surface area (Å²) in [6, 6.07) is 3.55. The van der Waals surface area contributed by atoms with E-state index in [-0.39, 0.29) is 5.91 Å². The second kappa shape index (κ2) is 8.26. The Bertz CT molecular complexity index is 400. The van der Waals surface area contributed by atoms with Gasteiger partial charge in [0, 0.05) is 13.1 Å². The number of rotatable bonds is 8. The molecule has 104 valence electrons. The van der Waals surface area contributed by atoms with E-state index in [1.54, 1.807) is 18.3 Å². The Kier molecular flexibility index (Phi) is 6.60. The maximum atomic E-state index is 11.8. The average molecular weight is 262 g/mol. The highest BCUT2D eigenvalue weighted by Gasteiger charge is 2.05. The third-order valence-corrected chi connectivity index (χ3v) is 2.51. The minimum atomic E-state index is -0.131. The van der Waals surface area contributed by atoms with Crippen LogP contribution in [0.3, 0.4) is 0 Å². The zero-order chi connectivity index (χ0) is 14.1. The summed E-state index contributed by atoms with van der Waals surface area (Å²) in [7, 11) is 4.02. The number of nitrogens with zero attached hydrogens (tertiary/aromatic N) is 2. The van der Waals surface area contributed by atoms with Gasteiger partial charge < -0.3 is 15.5 Å². The molecule has 0 radical (unpaired) electrons. The Morgan fingerprint density at radius 3 is 2.84 bits per heavy atom. The van der Waals surface area contributed by atoms with Gasteiger partial charge in [0.25, 0.3) is 5.91 Å². The molecule has 1 heterocycles. The number of hydrogen-bond donors (Lipinski definition) is 2. The van der Waals surface area contributed by atoms with Crippen molar-refractivity contribution in [2.45, 2.75) is 6.42 Å². The number of carbonyl (C=O) groups excluding carboxylic acids is 1. The molecule has 1 rings (SSSR count). The second-order valence-corrected chi connectivity index (χ2v) is 4.51. The van der Waals surface area contributed by atoms with Crippen molar-refractivity contribution < 1.29 is 4.79 Å². The van der Waals surface area contributed by atoms with Gasteiger partial charge in [0.2, 0.25) is 0 Å². The number of aromatic nitrogens is 1. The van der Waals surface area contributed by atoms with E-state index < -0.39 is 0 Å². The predicted molar refractivity (Wildman–Crippen MR) is 78.4 cm³/mol. The first-order valence-electron chi connectivity index (χ1n) is 6.37. The van der Waals surface area contributed by atoms with E-state index in [0.717, 1.165) is 18.7 Å². The molecule has 5 nitrogen and oxygen atoms in total. The summed E-state index contributed by atoms with van der Waals surface area (Å²) in [5.74, 6) is -0.131. The predicted octanol–water partition coefficient (Wildman–Crippen LogP) is 1.36. The van der Waals surface area contributed by atoms with Gasteiger partial charge in [-0.2, -0.15) is 0 Å². The van der Waals surface area contributed by atoms with Gasteiger partial charge in [0.1, 0.15) is 5.69 Å². The first-order chi connectivity index (χ1) is 9.13. The van der Waals surface area contributed by atoms with Crippen molar-refractivity contribution in [1.82, 2.24) is 15.2 Å². The van der Waals surface area contributed by atoms with Gasteiger partial charge in [-0.15, -0.1) is 6.58 Å². The minimum Gasteiger partial charge on any atom is -0.380 e. The lowest BCUT2D eigenvalue weighted by molar-refractivity contribution is 0.0947. The van der Waals surface area contributed by atoms with Crippen molar-refractivity contribution in [2.75, 3.05) is 39.0 Å². The summed E-state index contributed by atoms with van der Waals surface area (Å²) >= 11 is 0. The first kappa shape index (κ1) is 15.2. The molecule has 0 aliphatic carbocycles. The Labute approximate surface area is 114 Å². The van der Waals surface area contributed by atoms with E-state index >= 15 is 0 Å². The summed E-state index contributed by atoms with van der Waals surface area (Å²) in [5.41, 5.74) is 1.32. The number of nitrogens with one attached hydrogen (secondary N) is 2. The fraction of sp³-hybridized carbons (Fsp3) is 0.429. The van der Waals surface area contributed by atoms with Crippen LogP contribution in [0.5, 0.6) is 0 Å². The van der Waals surface area contributed by atoms with Crippen LogP contribution >= 0.6 is 0 Å². The van der Waals surface area contributed by atoms with Crippen LogP contribution in [0.15, 0.2) is 31.0 Å². The molecule has 2 N–H and O–H groups in total. The van der Waals surface area contributed by atoms with Gasteiger partial charge in [0.15, 0.2) is 0 Å². The average Bonchev–Trinajstić information content (AvgIpc) is 2.41. The highest BCUT2D eigenvalue weighted by Crippen LogP contribution is 2.05. The highest BCUT2D eigenvalue weighted by atomic mass is 16.1. The Balaban J connectivity index is 2.37. The Hall–Kier alpha value is -1.88. The quantitative estimate of drug-likeness (QED) is 0.548. The zero-order valence-corrected chi connectivity index (χ0v) is 11.6. The SMILES string of the molecule is C=CCNc1ccc(C(=O)NCCCN(C)C)nc1. The van der Waals surface area contributed by atoms with Crippen LogP contribution in [0.2, 0.25) is 0 Å². The van der Waals surface area contributed by atoms with Crippen LogP contribution in [0.25, 0.3) is 0 Å². The standard InChI is InChI=1S/C14H22N4O/c1-4-8-15-12-6-7-13(17-11-12)14(19)16-9-5-10-18(2)3/h4,6-7,11,15H,1,5,8-10H2,2-3H3,(H,16,19). The third kappa shape index (κ3) is 6.01. The van der Waals surface area contributed by atoms with Gasteiger partial charge in [-0.05, 0) is 39.2 Å². The molecule has 0 spiro atoms. The zero-order valence-electron chi connectivity index (χ0n) is 11.6. The number of amides is 1. The van der Waals surface area contributed by atoms with Crippen LogP contribution in [0.4, 0.5) is 5.69 Å². The lowest BCUT2D eigenvalue weighted by atomic mass is 10.3. The molecule has 0 unspecified atom stereocenters. The summed E-state index contributed by atoms with van der Waals surface area (Å²) in [6.07, 6.45) is 4.35. The molecule has 0 fully saturated rings. The molecular formula is C14H22N4O. The molecule has 0 aliphatic heterocycles. The van der Waals surface area contributed by atoms with Crippen molar-refractivity contribution >= 4 is 11.6 Å². The molecule has 1 aromatic rings. The summed E-state index contributed by atoms with van der Waals surface area (Å²) in [4.78, 5) is 18.0. The molecule has 0 saturated heterocycles. The molecule has 0 bridgehead atoms. The number of hydrogen-bond acceptors (Lipinski definition) is 4. The molecule has 0 atom stereocenters. The maximum absolute atomic E-state index is 11.8. The second-order valence-electron chi connectivity index (χ2n) is 4.51. The summed E-state index contributed by atoms with van der Waals surface area (Å²) < 4.78 is 0. The van der Waals surface area contributed by atoms with E-state index in [4.69, 9.17) is 0 Å². The topological polar surface area (TPSA) is 57.3 Å². The Morgan fingerprint density at radius 2 is 2.26 bits per heavy atom. The summed E-state index contributed by atoms with van der Waals surface area (Å²) in [5, 5.41) is 5.96. The van der Waals surface area contributed by atoms with Gasteiger partial charge in [0.05, 0.1) is 11.9 Å². The number of pyridine rings is 1. The Morgan fingerprint density at radius 1 is 1.47 bits per heavy atom. The van der Waals surface area contributed by atoms with Crippen LogP contribution < -0.4 is 10.6 Å². The fourth-order valence-corrected chi connectivity index (χ4v) is 1.51. The number of carbonyl (C=O) groups is 1. The smallest absolute Gasteiger partial charge is 0.269 e. The first-order valence-corrected chi connectivity index (χ1v) is 6.37. The monoisotopic (exact) mass is 262 g/mol. The van der Waals surface area contributed by atoms with Crippen molar-refractivity contribution in [3.05, 3.63) is 36.7 Å².